The van der Waals surface area contributed by atoms with Crippen molar-refractivity contribution in [3.8, 4) is 11.5 Å². The van der Waals surface area contributed by atoms with Crippen LogP contribution in [0.4, 0.5) is 10.8 Å². The average Bonchev–Trinajstić information content (AvgIpc) is 3.14. The summed E-state index contributed by atoms with van der Waals surface area (Å²) in [6.07, 6.45) is 0. The van der Waals surface area contributed by atoms with E-state index in [9.17, 15) is 9.59 Å². The maximum atomic E-state index is 12.9. The van der Waals surface area contributed by atoms with Gasteiger partial charge in [-0.3, -0.25) is 14.9 Å². The van der Waals surface area contributed by atoms with Crippen molar-refractivity contribution in [2.75, 3.05) is 65.7 Å². The quantitative estimate of drug-likeness (QED) is 0.553. The van der Waals surface area contributed by atoms with Crippen molar-refractivity contribution >= 4 is 58.8 Å². The molecule has 9 nitrogen and oxygen atoms in total. The lowest BCUT2D eigenvalue weighted by atomic mass is 10.1. The van der Waals surface area contributed by atoms with Crippen molar-refractivity contribution in [3.63, 3.8) is 0 Å². The van der Waals surface area contributed by atoms with Crippen LogP contribution in [0.2, 0.25) is 0 Å². The number of halogens is 2. The zero-order chi connectivity index (χ0) is 21.6. The largest absolute Gasteiger partial charge is 0.493 e. The van der Waals surface area contributed by atoms with Crippen LogP contribution in [0, 0.1) is 0 Å². The first-order chi connectivity index (χ1) is 13.8. The number of anilines is 2. The summed E-state index contributed by atoms with van der Waals surface area (Å²) in [5.74, 6) is 0.342. The minimum absolute atomic E-state index is 0. The second-order valence-corrected chi connectivity index (χ2v) is 7.53. The predicted molar refractivity (Wildman–Crippen MR) is 129 cm³/mol. The van der Waals surface area contributed by atoms with Crippen molar-refractivity contribution in [3.05, 3.63) is 28.8 Å². The van der Waals surface area contributed by atoms with Gasteiger partial charge in [-0.05, 0) is 20.2 Å². The first-order valence-electron chi connectivity index (χ1n) is 8.90. The molecule has 0 spiro atoms. The standard InChI is InChI=1S/C19H27N5O4S.2ClH/c1-23(2)8-7-20-18(26)13-11-29-19(21-13)22-17(25)12-9-15(27-5)16(28-6)10-14(12)24(3)4;;/h9-11H,7-8H2,1-6H3,(H,20,26)(H,21,22,25);2*1H. The first kappa shape index (κ1) is 28.7. The molecule has 12 heteroatoms. The highest BCUT2D eigenvalue weighted by Crippen LogP contribution is 2.35. The summed E-state index contributed by atoms with van der Waals surface area (Å²) in [5, 5.41) is 7.50. The number of nitrogens with zero attached hydrogens (tertiary/aromatic N) is 3. The third-order valence-electron chi connectivity index (χ3n) is 4.03. The molecule has 31 heavy (non-hydrogen) atoms. The average molecular weight is 494 g/mol. The summed E-state index contributed by atoms with van der Waals surface area (Å²) in [7, 11) is 10.6. The van der Waals surface area contributed by atoms with Crippen LogP contribution in [-0.4, -0.2) is 77.2 Å². The number of carbonyl (C=O) groups excluding carboxylic acids is 2. The van der Waals surface area contributed by atoms with Crippen molar-refractivity contribution < 1.29 is 19.1 Å². The minimum atomic E-state index is -0.358. The Bertz CT molecular complexity index is 877. The lowest BCUT2D eigenvalue weighted by molar-refractivity contribution is 0.0945. The summed E-state index contributed by atoms with van der Waals surface area (Å²) in [6.45, 7) is 1.25. The molecule has 2 amide bonds. The molecule has 1 aromatic carbocycles. The number of thiazole rings is 1. The molecular weight excluding hydrogens is 465 g/mol. The highest BCUT2D eigenvalue weighted by Gasteiger charge is 2.20. The van der Waals surface area contributed by atoms with Crippen LogP contribution < -0.4 is 25.0 Å². The molecule has 2 aromatic rings. The number of likely N-dealkylation sites (N-methyl/N-ethyl adjacent to an activating group) is 1. The minimum Gasteiger partial charge on any atom is -0.493 e. The third kappa shape index (κ3) is 7.73. The summed E-state index contributed by atoms with van der Waals surface area (Å²) >= 11 is 1.19. The highest BCUT2D eigenvalue weighted by atomic mass is 35.5. The number of aromatic nitrogens is 1. The Balaban J connectivity index is 0.00000450. The van der Waals surface area contributed by atoms with Crippen molar-refractivity contribution in [1.29, 1.82) is 0 Å². The summed E-state index contributed by atoms with van der Waals surface area (Å²) in [6, 6.07) is 3.35. The Morgan fingerprint density at radius 3 is 2.19 bits per heavy atom. The second kappa shape index (κ2) is 13.2. The Morgan fingerprint density at radius 2 is 1.65 bits per heavy atom. The van der Waals surface area contributed by atoms with Crippen LogP contribution in [-0.2, 0) is 0 Å². The van der Waals surface area contributed by atoms with Gasteiger partial charge < -0.3 is 24.6 Å². The molecular formula is C19H29Cl2N5O4S. The van der Waals surface area contributed by atoms with E-state index in [-0.39, 0.29) is 42.3 Å². The van der Waals surface area contributed by atoms with Gasteiger partial charge in [0.05, 0.1) is 25.5 Å². The fourth-order valence-electron chi connectivity index (χ4n) is 2.50. The maximum absolute atomic E-state index is 12.9. The molecule has 2 rings (SSSR count). The molecule has 0 fully saturated rings. The van der Waals surface area contributed by atoms with E-state index < -0.39 is 0 Å². The van der Waals surface area contributed by atoms with Crippen LogP contribution in [0.5, 0.6) is 11.5 Å². The van der Waals surface area contributed by atoms with Gasteiger partial charge in [0.1, 0.15) is 5.69 Å². The Labute approximate surface area is 198 Å². The van der Waals surface area contributed by atoms with Gasteiger partial charge in [0.15, 0.2) is 16.6 Å². The SMILES string of the molecule is COc1cc(C(=O)Nc2nc(C(=O)NCCN(C)C)cs2)c(N(C)C)cc1OC.Cl.Cl. The zero-order valence-electron chi connectivity index (χ0n) is 18.3. The van der Waals surface area contributed by atoms with Crippen LogP contribution in [0.1, 0.15) is 20.8 Å². The van der Waals surface area contributed by atoms with E-state index in [1.54, 1.807) is 17.5 Å². The van der Waals surface area contributed by atoms with E-state index in [4.69, 9.17) is 9.47 Å². The fourth-order valence-corrected chi connectivity index (χ4v) is 3.19. The molecule has 2 N–H and O–H groups in total. The number of hydrogen-bond donors (Lipinski definition) is 2. The Morgan fingerprint density at radius 1 is 1.03 bits per heavy atom. The number of rotatable bonds is 9. The molecule has 0 atom stereocenters. The summed E-state index contributed by atoms with van der Waals surface area (Å²) in [4.78, 5) is 33.0. The Hall–Kier alpha value is -2.27. The van der Waals surface area contributed by atoms with E-state index in [1.807, 2.05) is 38.0 Å². The zero-order valence-corrected chi connectivity index (χ0v) is 20.8. The molecule has 0 saturated carbocycles. The highest BCUT2D eigenvalue weighted by molar-refractivity contribution is 7.14. The molecule has 0 aliphatic carbocycles. The summed E-state index contributed by atoms with van der Waals surface area (Å²) < 4.78 is 10.6. The van der Waals surface area contributed by atoms with Gasteiger partial charge in [-0.25, -0.2) is 4.98 Å². The fraction of sp³-hybridized carbons (Fsp3) is 0.421. The normalized spacial score (nSPS) is 9.90. The first-order valence-corrected chi connectivity index (χ1v) is 9.78. The molecule has 174 valence electrons. The number of hydrogen-bond acceptors (Lipinski definition) is 8. The monoisotopic (exact) mass is 493 g/mol. The number of benzene rings is 1. The maximum Gasteiger partial charge on any atom is 0.270 e. The predicted octanol–water partition coefficient (Wildman–Crippen LogP) is 2.61. The summed E-state index contributed by atoms with van der Waals surface area (Å²) in [5.41, 5.74) is 1.34. The van der Waals surface area contributed by atoms with Gasteiger partial charge in [0.25, 0.3) is 11.8 Å². The smallest absolute Gasteiger partial charge is 0.270 e. The molecule has 1 heterocycles. The number of amides is 2. The molecule has 0 radical (unpaired) electrons. The molecule has 0 aliphatic heterocycles. The third-order valence-corrected chi connectivity index (χ3v) is 4.79. The van der Waals surface area contributed by atoms with E-state index in [0.717, 1.165) is 6.54 Å². The topological polar surface area (TPSA) is 96.0 Å². The van der Waals surface area contributed by atoms with Crippen LogP contribution in [0.3, 0.4) is 0 Å². The van der Waals surface area contributed by atoms with Gasteiger partial charge in [-0.1, -0.05) is 0 Å². The van der Waals surface area contributed by atoms with Crippen molar-refractivity contribution in [1.82, 2.24) is 15.2 Å². The molecule has 1 aromatic heterocycles. The molecule has 0 aliphatic rings. The van der Waals surface area contributed by atoms with E-state index >= 15 is 0 Å². The van der Waals surface area contributed by atoms with E-state index in [0.29, 0.717) is 34.4 Å². The van der Waals surface area contributed by atoms with Gasteiger partial charge >= 0.3 is 0 Å². The van der Waals surface area contributed by atoms with Gasteiger partial charge in [0, 0.05) is 38.6 Å². The lowest BCUT2D eigenvalue weighted by Gasteiger charge is -2.19. The van der Waals surface area contributed by atoms with Crippen LogP contribution in [0.15, 0.2) is 17.5 Å². The van der Waals surface area contributed by atoms with E-state index in [1.165, 1.54) is 25.6 Å². The lowest BCUT2D eigenvalue weighted by Crippen LogP contribution is -2.31. The van der Waals surface area contributed by atoms with Gasteiger partial charge in [-0.2, -0.15) is 0 Å². The number of ether oxygens (including phenoxy) is 2. The van der Waals surface area contributed by atoms with Gasteiger partial charge in [-0.15, -0.1) is 36.2 Å². The number of methoxy groups -OCH3 is 2. The molecule has 0 saturated heterocycles. The van der Waals surface area contributed by atoms with Crippen LogP contribution >= 0.6 is 36.2 Å². The molecule has 0 bridgehead atoms. The molecule has 0 unspecified atom stereocenters. The van der Waals surface area contributed by atoms with Gasteiger partial charge in [0.2, 0.25) is 0 Å². The Kier molecular flexibility index (Phi) is 12.2. The van der Waals surface area contributed by atoms with E-state index in [2.05, 4.69) is 15.6 Å². The van der Waals surface area contributed by atoms with Crippen LogP contribution in [0.25, 0.3) is 0 Å². The number of nitrogens with one attached hydrogen (secondary N) is 2. The second-order valence-electron chi connectivity index (χ2n) is 6.67. The number of carbonyl (C=O) groups is 2. The van der Waals surface area contributed by atoms with Crippen molar-refractivity contribution in [2.45, 2.75) is 0 Å². The van der Waals surface area contributed by atoms with Crippen molar-refractivity contribution in [2.24, 2.45) is 0 Å².